The monoisotopic (exact) mass is 353 g/mol. The lowest BCUT2D eigenvalue weighted by atomic mass is 10.0. The van der Waals surface area contributed by atoms with E-state index in [1.54, 1.807) is 26.8 Å². The van der Waals surface area contributed by atoms with Crippen molar-refractivity contribution in [2.75, 3.05) is 6.54 Å². The lowest BCUT2D eigenvalue weighted by molar-refractivity contribution is 0.0554. The first kappa shape index (κ1) is 18.7. The highest BCUT2D eigenvalue weighted by Gasteiger charge is 2.27. The van der Waals surface area contributed by atoms with Crippen LogP contribution in [0.25, 0.3) is 0 Å². The van der Waals surface area contributed by atoms with E-state index < -0.39 is 15.6 Å². The van der Waals surface area contributed by atoms with E-state index in [-0.39, 0.29) is 16.5 Å². The van der Waals surface area contributed by atoms with Gasteiger partial charge >= 0.3 is 0 Å². The van der Waals surface area contributed by atoms with Crippen molar-refractivity contribution in [2.24, 2.45) is 0 Å². The van der Waals surface area contributed by atoms with Gasteiger partial charge in [0.05, 0.1) is 10.6 Å². The van der Waals surface area contributed by atoms with Crippen molar-refractivity contribution in [2.45, 2.75) is 51.0 Å². The number of sulfonamides is 1. The summed E-state index contributed by atoms with van der Waals surface area (Å²) in [6.45, 7) is 6.73. The molecule has 1 rings (SSSR count). The molecular weight excluding hydrogens is 333 g/mol. The van der Waals surface area contributed by atoms with Gasteiger partial charge in [-0.3, -0.25) is 0 Å². The van der Waals surface area contributed by atoms with Crippen molar-refractivity contribution in [3.8, 4) is 0 Å². The summed E-state index contributed by atoms with van der Waals surface area (Å²) in [4.78, 5) is -0.0264. The van der Waals surface area contributed by atoms with Crippen LogP contribution >= 0.6 is 23.2 Å². The second kappa shape index (κ2) is 6.84. The Bertz CT molecular complexity index is 601. The van der Waals surface area contributed by atoms with Gasteiger partial charge in [-0.1, -0.05) is 36.5 Å². The van der Waals surface area contributed by atoms with Gasteiger partial charge in [0.25, 0.3) is 0 Å². The van der Waals surface area contributed by atoms with Crippen LogP contribution in [-0.4, -0.2) is 25.7 Å². The summed E-state index contributed by atoms with van der Waals surface area (Å²) in [5, 5.41) is 10.6. The lowest BCUT2D eigenvalue weighted by Gasteiger charge is -2.23. The van der Waals surface area contributed by atoms with E-state index in [9.17, 15) is 13.5 Å². The maximum Gasteiger partial charge on any atom is 0.242 e. The molecule has 1 atom stereocenters. The molecule has 1 unspecified atom stereocenters. The second-order valence-electron chi connectivity index (χ2n) is 5.51. The predicted octanol–water partition coefficient (Wildman–Crippen LogP) is 3.44. The maximum absolute atomic E-state index is 12.5. The van der Waals surface area contributed by atoms with Crippen molar-refractivity contribution >= 4 is 33.2 Å². The van der Waals surface area contributed by atoms with Gasteiger partial charge in [-0.05, 0) is 44.4 Å². The van der Waals surface area contributed by atoms with Gasteiger partial charge in [-0.15, -0.1) is 0 Å². The average Bonchev–Trinajstić information content (AvgIpc) is 2.34. The van der Waals surface area contributed by atoms with Crippen molar-refractivity contribution in [3.05, 3.63) is 27.2 Å². The lowest BCUT2D eigenvalue weighted by Crippen LogP contribution is -2.40. The maximum atomic E-state index is 12.5. The fourth-order valence-corrected chi connectivity index (χ4v) is 4.45. The fraction of sp³-hybridized carbons (Fsp3) is 0.571. The van der Waals surface area contributed by atoms with Crippen molar-refractivity contribution < 1.29 is 13.5 Å². The molecule has 0 heterocycles. The number of rotatable bonds is 6. The molecule has 2 N–H and O–H groups in total. The van der Waals surface area contributed by atoms with E-state index in [0.29, 0.717) is 22.6 Å². The fourth-order valence-electron chi connectivity index (χ4n) is 2.08. The Morgan fingerprint density at radius 2 is 1.90 bits per heavy atom. The number of hydrogen-bond donors (Lipinski definition) is 2. The zero-order valence-electron chi connectivity index (χ0n) is 12.6. The highest BCUT2D eigenvalue weighted by Crippen LogP contribution is 2.33. The largest absolute Gasteiger partial charge is 0.389 e. The molecule has 0 amide bonds. The van der Waals surface area contributed by atoms with Crippen LogP contribution in [-0.2, 0) is 10.0 Å². The molecule has 0 aromatic heterocycles. The minimum Gasteiger partial charge on any atom is -0.389 e. The van der Waals surface area contributed by atoms with Crippen LogP contribution in [0.1, 0.15) is 37.8 Å². The van der Waals surface area contributed by atoms with E-state index in [1.807, 2.05) is 6.92 Å². The van der Waals surface area contributed by atoms with Gasteiger partial charge in [0.1, 0.15) is 4.90 Å². The molecule has 0 radical (unpaired) electrons. The van der Waals surface area contributed by atoms with Crippen LogP contribution in [0.3, 0.4) is 0 Å². The minimum absolute atomic E-state index is 0.0264. The second-order valence-corrected chi connectivity index (χ2v) is 8.00. The van der Waals surface area contributed by atoms with E-state index >= 15 is 0 Å². The molecule has 0 bridgehead atoms. The number of hydrogen-bond acceptors (Lipinski definition) is 3. The van der Waals surface area contributed by atoms with Gasteiger partial charge in [-0.25, -0.2) is 13.1 Å². The van der Waals surface area contributed by atoms with Gasteiger partial charge in [0.2, 0.25) is 10.0 Å². The van der Waals surface area contributed by atoms with Gasteiger partial charge < -0.3 is 5.11 Å². The number of benzene rings is 1. The van der Waals surface area contributed by atoms with Crippen molar-refractivity contribution in [3.63, 3.8) is 0 Å². The summed E-state index contributed by atoms with van der Waals surface area (Å²) >= 11 is 12.2. The quantitative estimate of drug-likeness (QED) is 0.822. The van der Waals surface area contributed by atoms with Crippen LogP contribution in [0.15, 0.2) is 11.0 Å². The van der Waals surface area contributed by atoms with Gasteiger partial charge in [-0.2, -0.15) is 0 Å². The zero-order valence-corrected chi connectivity index (χ0v) is 15.0. The van der Waals surface area contributed by atoms with Crippen LogP contribution in [0.5, 0.6) is 0 Å². The Hall–Kier alpha value is -0.330. The standard InChI is InChI=1S/C14H21Cl2NO3S/c1-5-6-14(4,18)8-17-21(19,20)13-10(3)11(15)7-9(2)12(13)16/h7,17-18H,5-6,8H2,1-4H3. The van der Waals surface area contributed by atoms with E-state index in [1.165, 1.54) is 0 Å². The Morgan fingerprint density at radius 1 is 1.33 bits per heavy atom. The summed E-state index contributed by atoms with van der Waals surface area (Å²) < 4.78 is 27.3. The normalized spacial score (nSPS) is 15.0. The van der Waals surface area contributed by atoms with Crippen LogP contribution in [0, 0.1) is 13.8 Å². The first-order chi connectivity index (χ1) is 9.52. The van der Waals surface area contributed by atoms with Crippen molar-refractivity contribution in [1.82, 2.24) is 4.72 Å². The first-order valence-corrected chi connectivity index (χ1v) is 8.93. The third-order valence-electron chi connectivity index (χ3n) is 3.29. The smallest absolute Gasteiger partial charge is 0.242 e. The third-order valence-corrected chi connectivity index (χ3v) is 5.85. The number of nitrogens with one attached hydrogen (secondary N) is 1. The van der Waals surface area contributed by atoms with Crippen molar-refractivity contribution in [1.29, 1.82) is 0 Å². The van der Waals surface area contributed by atoms with Crippen LogP contribution in [0.4, 0.5) is 0 Å². The summed E-state index contributed by atoms with van der Waals surface area (Å²) in [7, 11) is -3.84. The summed E-state index contributed by atoms with van der Waals surface area (Å²) in [6.07, 6.45) is 1.25. The van der Waals surface area contributed by atoms with E-state index in [4.69, 9.17) is 23.2 Å². The third kappa shape index (κ3) is 4.57. The molecule has 0 saturated heterocycles. The SMILES string of the molecule is CCCC(C)(O)CNS(=O)(=O)c1c(C)c(Cl)cc(C)c1Cl. The molecule has 0 fully saturated rings. The number of aryl methyl sites for hydroxylation is 1. The Morgan fingerprint density at radius 3 is 2.43 bits per heavy atom. The molecule has 0 spiro atoms. The molecular formula is C14H21Cl2NO3S. The zero-order chi connectivity index (χ0) is 16.4. The first-order valence-electron chi connectivity index (χ1n) is 6.69. The van der Waals surface area contributed by atoms with Crippen LogP contribution < -0.4 is 4.72 Å². The van der Waals surface area contributed by atoms with E-state index in [0.717, 1.165) is 6.42 Å². The molecule has 0 aliphatic rings. The molecule has 120 valence electrons. The minimum atomic E-state index is -3.84. The van der Waals surface area contributed by atoms with Gasteiger partial charge in [0, 0.05) is 11.6 Å². The molecule has 7 heteroatoms. The molecule has 1 aromatic carbocycles. The number of halogens is 2. The Labute approximate surface area is 136 Å². The molecule has 0 saturated carbocycles. The Balaban J connectivity index is 3.16. The molecule has 21 heavy (non-hydrogen) atoms. The summed E-state index contributed by atoms with van der Waals surface area (Å²) in [5.74, 6) is 0. The molecule has 0 aliphatic carbocycles. The molecule has 1 aromatic rings. The average molecular weight is 354 g/mol. The predicted molar refractivity (Wildman–Crippen MR) is 86.7 cm³/mol. The highest BCUT2D eigenvalue weighted by atomic mass is 35.5. The molecule has 0 aliphatic heterocycles. The highest BCUT2D eigenvalue weighted by molar-refractivity contribution is 7.89. The number of aliphatic hydroxyl groups is 1. The summed E-state index contributed by atoms with van der Waals surface area (Å²) in [5.41, 5.74) is -0.113. The molecule has 4 nitrogen and oxygen atoms in total. The summed E-state index contributed by atoms with van der Waals surface area (Å²) in [6, 6.07) is 1.63. The van der Waals surface area contributed by atoms with Crippen LogP contribution in [0.2, 0.25) is 10.0 Å². The van der Waals surface area contributed by atoms with Gasteiger partial charge in [0.15, 0.2) is 0 Å². The van der Waals surface area contributed by atoms with E-state index in [2.05, 4.69) is 4.72 Å². The Kier molecular flexibility index (Phi) is 6.09. The topological polar surface area (TPSA) is 66.4 Å².